The van der Waals surface area contributed by atoms with Gasteiger partial charge in [-0.15, -0.1) is 0 Å². The number of nitrogens with zero attached hydrogens (tertiary/aromatic N) is 2. The fourth-order valence-corrected chi connectivity index (χ4v) is 3.17. The van der Waals surface area contributed by atoms with Crippen LogP contribution in [-0.4, -0.2) is 38.4 Å². The quantitative estimate of drug-likeness (QED) is 0.327. The van der Waals surface area contributed by atoms with Gasteiger partial charge in [-0.3, -0.25) is 4.79 Å². The Balaban J connectivity index is 0.000000758. The molecule has 7 nitrogen and oxygen atoms in total. The van der Waals surface area contributed by atoms with E-state index in [1.54, 1.807) is 25.3 Å². The minimum Gasteiger partial charge on any atom is -0.507 e. The van der Waals surface area contributed by atoms with Gasteiger partial charge in [-0.05, 0) is 61.0 Å². The first-order valence-electron chi connectivity index (χ1n) is 10.1. The molecule has 34 heavy (non-hydrogen) atoms. The number of hydrogen-bond donors (Lipinski definition) is 3. The molecule has 2 aromatic heterocycles. The molecule has 0 bridgehead atoms. The van der Waals surface area contributed by atoms with Crippen molar-refractivity contribution in [2.24, 2.45) is 0 Å². The molecule has 0 aliphatic rings. The molecule has 0 unspecified atom stereocenters. The van der Waals surface area contributed by atoms with Gasteiger partial charge in [0, 0.05) is 35.1 Å². The van der Waals surface area contributed by atoms with Crippen molar-refractivity contribution in [3.8, 4) is 51.2 Å². The summed E-state index contributed by atoms with van der Waals surface area (Å²) in [5.74, 6) is 0.155. The van der Waals surface area contributed by atoms with Crippen LogP contribution in [0.3, 0.4) is 0 Å². The fourth-order valence-electron chi connectivity index (χ4n) is 3.17. The molecule has 0 saturated heterocycles. The molecule has 2 aromatic carbocycles. The molecule has 175 valence electrons. The topological polar surface area (TPSA) is 113 Å². The second-order valence-corrected chi connectivity index (χ2v) is 7.19. The zero-order valence-electron chi connectivity index (χ0n) is 18.9. The Bertz CT molecular complexity index is 1290. The Morgan fingerprint density at radius 2 is 1.29 bits per heavy atom. The van der Waals surface area contributed by atoms with Crippen LogP contribution in [-0.2, 0) is 21.9 Å². The van der Waals surface area contributed by atoms with Crippen LogP contribution in [0.4, 0.5) is 0 Å². The van der Waals surface area contributed by atoms with E-state index >= 15 is 0 Å². The predicted molar refractivity (Wildman–Crippen MR) is 126 cm³/mol. The maximum absolute atomic E-state index is 10.4. The van der Waals surface area contributed by atoms with E-state index in [1.165, 1.54) is 0 Å². The number of benzene rings is 2. The van der Waals surface area contributed by atoms with Crippen LogP contribution >= 0.6 is 0 Å². The summed E-state index contributed by atoms with van der Waals surface area (Å²) in [5.41, 5.74) is 4.67. The van der Waals surface area contributed by atoms with Crippen LogP contribution in [0.5, 0.6) is 17.2 Å². The number of aryl methyl sites for hydroxylation is 1. The summed E-state index contributed by atoms with van der Waals surface area (Å²) in [5, 5.41) is 28.1. The summed E-state index contributed by atoms with van der Waals surface area (Å²) in [6.45, 7) is 2.94. The molecule has 0 atom stereocenters. The van der Waals surface area contributed by atoms with Crippen molar-refractivity contribution >= 4 is 5.97 Å². The van der Waals surface area contributed by atoms with Crippen molar-refractivity contribution in [1.29, 1.82) is 0 Å². The minimum absolute atomic E-state index is 0. The number of aliphatic carboxylic acids is 1. The molecule has 1 radical (unpaired) electrons. The second-order valence-electron chi connectivity index (χ2n) is 7.19. The van der Waals surface area contributed by atoms with Gasteiger partial charge in [0.1, 0.15) is 17.2 Å². The number of carboxylic acid groups (broad SMARTS) is 1. The van der Waals surface area contributed by atoms with E-state index in [-0.39, 0.29) is 28.6 Å². The Labute approximate surface area is 208 Å². The normalized spacial score (nSPS) is 9.85. The largest absolute Gasteiger partial charge is 0.507 e. The third-order valence-corrected chi connectivity index (χ3v) is 4.75. The van der Waals surface area contributed by atoms with Crippen LogP contribution < -0.4 is 4.74 Å². The number of para-hydroxylation sites is 1. The molecular weight excluding hydrogens is 475 g/mol. The summed E-state index contributed by atoms with van der Waals surface area (Å²) >= 11 is 0. The molecule has 0 amide bonds. The molecule has 4 aromatic rings. The van der Waals surface area contributed by atoms with Crippen LogP contribution in [0.2, 0.25) is 0 Å². The Morgan fingerprint density at radius 3 is 1.85 bits per heavy atom. The number of aromatic hydroxyl groups is 2. The number of carbonyl (C=O) groups is 1. The van der Waals surface area contributed by atoms with Crippen LogP contribution in [0, 0.1) is 6.92 Å². The van der Waals surface area contributed by atoms with E-state index in [1.807, 2.05) is 61.5 Å². The first-order chi connectivity index (χ1) is 15.8. The van der Waals surface area contributed by atoms with Gasteiger partial charge in [0.25, 0.3) is 5.97 Å². The standard InChI is InChI=1S/C24H20N2O3.C2H4O2.Mn/c1-15-6-3-7-17(24(15)28)19-8-4-10-21(25-19)22-11-5-9-20(26-22)18-14-16(29-2)12-13-23(18)27;1-2(3)4;/h3-14,27-28H,1-2H3;1H3,(H,3,4);. The van der Waals surface area contributed by atoms with Gasteiger partial charge in [0.2, 0.25) is 0 Å². The van der Waals surface area contributed by atoms with Crippen molar-refractivity contribution < 1.29 is 41.9 Å². The molecular formula is C26H24MnN2O5. The molecule has 2 heterocycles. The number of carboxylic acids is 1. The Hall–Kier alpha value is -3.87. The van der Waals surface area contributed by atoms with Crippen LogP contribution in [0.25, 0.3) is 33.9 Å². The maximum Gasteiger partial charge on any atom is 0.300 e. The zero-order chi connectivity index (χ0) is 24.0. The van der Waals surface area contributed by atoms with Crippen molar-refractivity contribution in [2.75, 3.05) is 7.11 Å². The predicted octanol–water partition coefficient (Wildman–Crippen LogP) is 5.29. The molecule has 4 rings (SSSR count). The van der Waals surface area contributed by atoms with Gasteiger partial charge in [0.05, 0.1) is 29.9 Å². The van der Waals surface area contributed by atoms with Gasteiger partial charge in [-0.25, -0.2) is 9.97 Å². The number of aromatic nitrogens is 2. The molecule has 0 fully saturated rings. The number of phenols is 2. The number of rotatable bonds is 4. The van der Waals surface area contributed by atoms with E-state index in [0.717, 1.165) is 12.5 Å². The number of pyridine rings is 2. The number of ether oxygens (including phenoxy) is 1. The molecule has 0 aliphatic heterocycles. The smallest absolute Gasteiger partial charge is 0.300 e. The van der Waals surface area contributed by atoms with Gasteiger partial charge >= 0.3 is 0 Å². The summed E-state index contributed by atoms with van der Waals surface area (Å²) in [6.07, 6.45) is 0. The monoisotopic (exact) mass is 499 g/mol. The number of hydrogen-bond acceptors (Lipinski definition) is 6. The Kier molecular flexibility index (Phi) is 9.18. The van der Waals surface area contributed by atoms with Gasteiger partial charge in [-0.2, -0.15) is 0 Å². The van der Waals surface area contributed by atoms with E-state index in [2.05, 4.69) is 4.98 Å². The Morgan fingerprint density at radius 1 is 0.794 bits per heavy atom. The second kappa shape index (κ2) is 11.8. The van der Waals surface area contributed by atoms with Gasteiger partial charge in [0.15, 0.2) is 0 Å². The summed E-state index contributed by atoms with van der Waals surface area (Å²) in [4.78, 5) is 18.4. The third-order valence-electron chi connectivity index (χ3n) is 4.75. The summed E-state index contributed by atoms with van der Waals surface area (Å²) in [6, 6.07) is 21.8. The average Bonchev–Trinajstić information content (AvgIpc) is 2.81. The molecule has 8 heteroatoms. The van der Waals surface area contributed by atoms with Crippen molar-refractivity contribution in [1.82, 2.24) is 9.97 Å². The van der Waals surface area contributed by atoms with Crippen molar-refractivity contribution in [2.45, 2.75) is 13.8 Å². The van der Waals surface area contributed by atoms with E-state index in [0.29, 0.717) is 39.7 Å². The van der Waals surface area contributed by atoms with E-state index in [9.17, 15) is 10.2 Å². The first kappa shape index (κ1) is 26.4. The SMILES string of the molecule is CC(=O)O.COc1ccc(O)c(-c2cccc(-c3cccc(-c4cccc(C)c4O)n3)n2)c1.[Mn]. The molecule has 0 aliphatic carbocycles. The molecule has 0 spiro atoms. The minimum atomic E-state index is -0.833. The zero-order valence-corrected chi connectivity index (χ0v) is 20.0. The van der Waals surface area contributed by atoms with E-state index in [4.69, 9.17) is 19.6 Å². The number of phenolic OH excluding ortho intramolecular Hbond substituents is 2. The van der Waals surface area contributed by atoms with Crippen molar-refractivity contribution in [3.05, 3.63) is 78.4 Å². The molecule has 0 saturated carbocycles. The fraction of sp³-hybridized carbons (Fsp3) is 0.115. The average molecular weight is 499 g/mol. The van der Waals surface area contributed by atoms with Crippen molar-refractivity contribution in [3.63, 3.8) is 0 Å². The van der Waals surface area contributed by atoms with E-state index < -0.39 is 5.97 Å². The summed E-state index contributed by atoms with van der Waals surface area (Å²) < 4.78 is 5.26. The first-order valence-corrected chi connectivity index (χ1v) is 10.1. The van der Waals surface area contributed by atoms with Gasteiger partial charge < -0.3 is 20.1 Å². The van der Waals surface area contributed by atoms with Crippen LogP contribution in [0.15, 0.2) is 72.8 Å². The van der Waals surface area contributed by atoms with Gasteiger partial charge in [-0.1, -0.05) is 24.3 Å². The van der Waals surface area contributed by atoms with Crippen LogP contribution in [0.1, 0.15) is 12.5 Å². The maximum atomic E-state index is 10.4. The molecule has 3 N–H and O–H groups in total. The summed E-state index contributed by atoms with van der Waals surface area (Å²) in [7, 11) is 1.58. The third kappa shape index (κ3) is 6.34. The number of methoxy groups -OCH3 is 1.